The number of fused-ring (bicyclic) bond motifs is 1. The molecular formula is C12H9N3O3S2. The Balaban J connectivity index is 2.35. The van der Waals surface area contributed by atoms with E-state index < -0.39 is 11.2 Å². The van der Waals surface area contributed by atoms with E-state index in [-0.39, 0.29) is 11.5 Å². The summed E-state index contributed by atoms with van der Waals surface area (Å²) in [5.74, 6) is 0.572. The lowest BCUT2D eigenvalue weighted by atomic mass is 10.2. The first-order chi connectivity index (χ1) is 9.58. The first-order valence-electron chi connectivity index (χ1n) is 5.64. The molecule has 0 atom stereocenters. The number of aromatic amines is 1. The predicted octanol–water partition coefficient (Wildman–Crippen LogP) is 1.30. The van der Waals surface area contributed by atoms with E-state index in [1.165, 1.54) is 17.6 Å². The molecule has 3 heterocycles. The third-order valence-corrected chi connectivity index (χ3v) is 3.84. The number of aromatic nitrogens is 2. The summed E-state index contributed by atoms with van der Waals surface area (Å²) in [6.45, 7) is -0.0904. The van der Waals surface area contributed by atoms with Crippen molar-refractivity contribution in [3.8, 4) is 11.3 Å². The lowest BCUT2D eigenvalue weighted by Gasteiger charge is -2.03. The molecule has 0 aliphatic heterocycles. The number of thiocarbonyl (C=S) groups is 1. The van der Waals surface area contributed by atoms with Gasteiger partial charge in [0.2, 0.25) is 0 Å². The average molecular weight is 307 g/mol. The molecule has 0 bridgehead atoms. The maximum Gasteiger partial charge on any atom is 0.329 e. The van der Waals surface area contributed by atoms with E-state index in [9.17, 15) is 9.59 Å². The minimum absolute atomic E-state index is 0.0757. The van der Waals surface area contributed by atoms with Gasteiger partial charge in [0, 0.05) is 10.9 Å². The molecule has 3 N–H and O–H groups in total. The first kappa shape index (κ1) is 12.8. The zero-order valence-corrected chi connectivity index (χ0v) is 11.7. The van der Waals surface area contributed by atoms with Gasteiger partial charge in [-0.25, -0.2) is 4.79 Å². The summed E-state index contributed by atoms with van der Waals surface area (Å²) in [6, 6.07) is 3.49. The number of rotatable bonds is 3. The highest BCUT2D eigenvalue weighted by atomic mass is 32.1. The van der Waals surface area contributed by atoms with Crippen LogP contribution in [-0.4, -0.2) is 14.5 Å². The van der Waals surface area contributed by atoms with Gasteiger partial charge in [-0.3, -0.25) is 14.3 Å². The van der Waals surface area contributed by atoms with Crippen LogP contribution in [0, 0.1) is 0 Å². The van der Waals surface area contributed by atoms with Gasteiger partial charge < -0.3 is 10.2 Å². The summed E-state index contributed by atoms with van der Waals surface area (Å²) in [7, 11) is 0. The maximum atomic E-state index is 12.5. The Morgan fingerprint density at radius 1 is 1.50 bits per heavy atom. The quantitative estimate of drug-likeness (QED) is 0.711. The molecule has 0 saturated carbocycles. The lowest BCUT2D eigenvalue weighted by molar-refractivity contribution is 0.583. The molecule has 0 unspecified atom stereocenters. The lowest BCUT2D eigenvalue weighted by Crippen LogP contribution is -2.38. The van der Waals surface area contributed by atoms with E-state index in [1.807, 2.05) is 0 Å². The Labute approximate surface area is 121 Å². The Bertz CT molecular complexity index is 902. The second-order valence-electron chi connectivity index (χ2n) is 4.12. The van der Waals surface area contributed by atoms with Crippen LogP contribution in [0.25, 0.3) is 21.5 Å². The van der Waals surface area contributed by atoms with Crippen molar-refractivity contribution in [2.24, 2.45) is 5.73 Å². The van der Waals surface area contributed by atoms with Crippen molar-refractivity contribution in [1.82, 2.24) is 9.55 Å². The van der Waals surface area contributed by atoms with Gasteiger partial charge in [0.25, 0.3) is 5.56 Å². The minimum Gasteiger partial charge on any atom is -0.464 e. The summed E-state index contributed by atoms with van der Waals surface area (Å²) < 4.78 is 6.30. The summed E-state index contributed by atoms with van der Waals surface area (Å²) in [6.07, 6.45) is 1.53. The molecule has 0 spiro atoms. The molecule has 8 heteroatoms. The number of H-pyrrole nitrogens is 1. The molecule has 0 amide bonds. The maximum absolute atomic E-state index is 12.5. The van der Waals surface area contributed by atoms with Crippen LogP contribution >= 0.6 is 23.6 Å². The van der Waals surface area contributed by atoms with Crippen LogP contribution in [0.5, 0.6) is 0 Å². The van der Waals surface area contributed by atoms with Crippen LogP contribution in [0.1, 0.15) is 0 Å². The highest BCUT2D eigenvalue weighted by Crippen LogP contribution is 2.30. The minimum atomic E-state index is -0.525. The Hall–Kier alpha value is -2.19. The second kappa shape index (κ2) is 4.73. The normalized spacial score (nSPS) is 11.0. The van der Waals surface area contributed by atoms with E-state index in [1.54, 1.807) is 17.5 Å². The van der Waals surface area contributed by atoms with Crippen molar-refractivity contribution >= 4 is 38.8 Å². The van der Waals surface area contributed by atoms with E-state index in [0.717, 1.165) is 4.57 Å². The van der Waals surface area contributed by atoms with Gasteiger partial charge in [-0.1, -0.05) is 12.2 Å². The van der Waals surface area contributed by atoms with Gasteiger partial charge in [0.15, 0.2) is 0 Å². The van der Waals surface area contributed by atoms with E-state index in [0.29, 0.717) is 21.5 Å². The molecule has 20 heavy (non-hydrogen) atoms. The summed E-state index contributed by atoms with van der Waals surface area (Å²) >= 11 is 6.04. The molecule has 0 aliphatic rings. The predicted molar refractivity (Wildman–Crippen MR) is 81.2 cm³/mol. The monoisotopic (exact) mass is 307 g/mol. The van der Waals surface area contributed by atoms with Gasteiger partial charge in [0.05, 0.1) is 23.2 Å². The number of hydrogen-bond donors (Lipinski definition) is 2. The average Bonchev–Trinajstić information content (AvgIpc) is 3.01. The summed E-state index contributed by atoms with van der Waals surface area (Å²) in [5, 5.41) is 2.17. The van der Waals surface area contributed by atoms with Gasteiger partial charge in [-0.15, -0.1) is 11.3 Å². The molecule has 3 aromatic rings. The van der Waals surface area contributed by atoms with Crippen LogP contribution in [-0.2, 0) is 6.54 Å². The smallest absolute Gasteiger partial charge is 0.329 e. The van der Waals surface area contributed by atoms with E-state index >= 15 is 0 Å². The molecule has 3 rings (SSSR count). The van der Waals surface area contributed by atoms with Crippen LogP contribution < -0.4 is 17.0 Å². The number of hydrogen-bond acceptors (Lipinski definition) is 5. The second-order valence-corrected chi connectivity index (χ2v) is 5.52. The Kier molecular flexibility index (Phi) is 3.03. The number of thiophene rings is 1. The topological polar surface area (TPSA) is 94.0 Å². The molecule has 0 radical (unpaired) electrons. The van der Waals surface area contributed by atoms with Crippen molar-refractivity contribution in [3.05, 3.63) is 44.6 Å². The molecule has 0 fully saturated rings. The number of nitrogens with two attached hydrogens (primary N) is 1. The van der Waals surface area contributed by atoms with Gasteiger partial charge in [0.1, 0.15) is 10.6 Å². The molecule has 6 nitrogen and oxygen atoms in total. The highest BCUT2D eigenvalue weighted by Gasteiger charge is 2.16. The highest BCUT2D eigenvalue weighted by molar-refractivity contribution is 7.80. The standard InChI is InChI=1S/C12H9N3O3S2/c13-8(19)4-15-11(16)9-6(7-2-1-3-18-7)5-20-10(9)14-12(15)17/h1-3,5H,4H2,(H2,13,19)(H,14,17). The van der Waals surface area contributed by atoms with Crippen molar-refractivity contribution in [2.45, 2.75) is 6.54 Å². The van der Waals surface area contributed by atoms with E-state index in [2.05, 4.69) is 4.98 Å². The van der Waals surface area contributed by atoms with Gasteiger partial charge in [-0.2, -0.15) is 0 Å². The van der Waals surface area contributed by atoms with E-state index in [4.69, 9.17) is 22.4 Å². The Morgan fingerprint density at radius 2 is 2.30 bits per heavy atom. The van der Waals surface area contributed by atoms with Crippen molar-refractivity contribution < 1.29 is 4.42 Å². The molecule has 3 aromatic heterocycles. The van der Waals surface area contributed by atoms with Crippen LogP contribution in [0.3, 0.4) is 0 Å². The third-order valence-electron chi connectivity index (χ3n) is 2.82. The summed E-state index contributed by atoms with van der Waals surface area (Å²) in [4.78, 5) is 27.6. The summed E-state index contributed by atoms with van der Waals surface area (Å²) in [5.41, 5.74) is 5.11. The van der Waals surface area contributed by atoms with Crippen LogP contribution in [0.2, 0.25) is 0 Å². The van der Waals surface area contributed by atoms with Crippen molar-refractivity contribution in [2.75, 3.05) is 0 Å². The van der Waals surface area contributed by atoms with Crippen molar-refractivity contribution in [3.63, 3.8) is 0 Å². The fourth-order valence-electron chi connectivity index (χ4n) is 1.97. The Morgan fingerprint density at radius 3 is 2.95 bits per heavy atom. The fourth-order valence-corrected chi connectivity index (χ4v) is 3.03. The zero-order chi connectivity index (χ0) is 14.3. The van der Waals surface area contributed by atoms with Gasteiger partial charge >= 0.3 is 5.69 Å². The third kappa shape index (κ3) is 1.98. The SMILES string of the molecule is NC(=S)Cn1c(=O)[nH]c2scc(-c3ccco3)c2c1=O. The molecule has 0 aliphatic carbocycles. The van der Waals surface area contributed by atoms with Gasteiger partial charge in [-0.05, 0) is 12.1 Å². The molecular weight excluding hydrogens is 298 g/mol. The largest absolute Gasteiger partial charge is 0.464 e. The molecule has 0 aromatic carbocycles. The number of nitrogens with zero attached hydrogens (tertiary/aromatic N) is 1. The molecule has 0 saturated heterocycles. The first-order valence-corrected chi connectivity index (χ1v) is 6.93. The fraction of sp³-hybridized carbons (Fsp3) is 0.0833. The number of nitrogens with one attached hydrogen (secondary N) is 1. The van der Waals surface area contributed by atoms with Crippen LogP contribution in [0.4, 0.5) is 0 Å². The van der Waals surface area contributed by atoms with Crippen molar-refractivity contribution in [1.29, 1.82) is 0 Å². The zero-order valence-electron chi connectivity index (χ0n) is 10.1. The molecule has 102 valence electrons. The number of furan rings is 1. The van der Waals surface area contributed by atoms with Crippen LogP contribution in [0.15, 0.2) is 37.8 Å².